The summed E-state index contributed by atoms with van der Waals surface area (Å²) < 4.78 is 1.10. The summed E-state index contributed by atoms with van der Waals surface area (Å²) in [5.41, 5.74) is 7.60. The number of halogens is 1. The minimum atomic E-state index is -0.123. The molecule has 4 unspecified atom stereocenters. The number of hydrogen-bond donors (Lipinski definition) is 2. The first-order valence-electron chi connectivity index (χ1n) is 7.53. The lowest BCUT2D eigenvalue weighted by molar-refractivity contribution is 0.00411. The summed E-state index contributed by atoms with van der Waals surface area (Å²) in [6.45, 7) is 2.09. The second-order valence-electron chi connectivity index (χ2n) is 6.31. The Morgan fingerprint density at radius 1 is 1.20 bits per heavy atom. The van der Waals surface area contributed by atoms with Gasteiger partial charge in [-0.3, -0.25) is 4.90 Å². The highest BCUT2D eigenvalue weighted by molar-refractivity contribution is 9.10. The number of piperidine rings is 1. The number of fused-ring (bicyclic) bond motifs is 2. The predicted octanol–water partition coefficient (Wildman–Crippen LogP) is 2.83. The summed E-state index contributed by atoms with van der Waals surface area (Å²) in [7, 11) is 0. The third-order valence-electron chi connectivity index (χ3n) is 4.80. The van der Waals surface area contributed by atoms with E-state index in [1.165, 1.54) is 18.4 Å². The smallest absolute Gasteiger partial charge is 0.0570 e. The maximum atomic E-state index is 9.97. The van der Waals surface area contributed by atoms with Gasteiger partial charge in [-0.15, -0.1) is 0 Å². The summed E-state index contributed by atoms with van der Waals surface area (Å²) in [5.74, 6) is 0. The molecule has 2 fully saturated rings. The maximum Gasteiger partial charge on any atom is 0.0570 e. The Bertz CT molecular complexity index is 448. The molecule has 0 radical (unpaired) electrons. The molecule has 4 heteroatoms. The molecule has 1 aromatic rings. The molecule has 0 amide bonds. The number of hydrogen-bond acceptors (Lipinski definition) is 3. The molecule has 110 valence electrons. The molecule has 2 saturated heterocycles. The van der Waals surface area contributed by atoms with Crippen molar-refractivity contribution < 1.29 is 5.11 Å². The number of nitrogens with two attached hydrogens (primary N) is 1. The van der Waals surface area contributed by atoms with Crippen LogP contribution in [0.5, 0.6) is 0 Å². The lowest BCUT2D eigenvalue weighted by Gasteiger charge is -2.44. The van der Waals surface area contributed by atoms with Crippen molar-refractivity contribution in [1.29, 1.82) is 0 Å². The van der Waals surface area contributed by atoms with Gasteiger partial charge in [0.25, 0.3) is 0 Å². The molecule has 3 N–H and O–H groups in total. The molecule has 2 bridgehead atoms. The van der Waals surface area contributed by atoms with E-state index in [1.807, 2.05) is 0 Å². The Balaban J connectivity index is 1.90. The molecule has 3 nitrogen and oxygen atoms in total. The Kier molecular flexibility index (Phi) is 4.18. The highest BCUT2D eigenvalue weighted by Gasteiger charge is 2.44. The maximum absolute atomic E-state index is 9.97. The van der Waals surface area contributed by atoms with Gasteiger partial charge in [0.05, 0.1) is 12.1 Å². The van der Waals surface area contributed by atoms with E-state index in [4.69, 9.17) is 5.73 Å². The van der Waals surface area contributed by atoms with E-state index in [2.05, 4.69) is 52.0 Å². The van der Waals surface area contributed by atoms with Crippen LogP contribution in [0, 0.1) is 0 Å². The van der Waals surface area contributed by atoms with Gasteiger partial charge in [-0.25, -0.2) is 0 Å². The van der Waals surface area contributed by atoms with E-state index in [9.17, 15) is 5.11 Å². The van der Waals surface area contributed by atoms with Crippen LogP contribution in [0.4, 0.5) is 0 Å². The van der Waals surface area contributed by atoms with E-state index in [1.54, 1.807) is 0 Å². The highest BCUT2D eigenvalue weighted by atomic mass is 79.9. The molecule has 0 aliphatic carbocycles. The van der Waals surface area contributed by atoms with Gasteiger partial charge in [-0.2, -0.15) is 0 Å². The zero-order valence-electron chi connectivity index (χ0n) is 11.9. The first kappa shape index (κ1) is 14.5. The van der Waals surface area contributed by atoms with Crippen molar-refractivity contribution in [3.8, 4) is 0 Å². The average molecular weight is 339 g/mol. The largest absolute Gasteiger partial charge is 0.393 e. The molecule has 0 spiro atoms. The van der Waals surface area contributed by atoms with Crippen LogP contribution in [-0.2, 0) is 0 Å². The van der Waals surface area contributed by atoms with Crippen molar-refractivity contribution >= 4 is 15.9 Å². The summed E-state index contributed by atoms with van der Waals surface area (Å²) in [6.07, 6.45) is 4.07. The minimum Gasteiger partial charge on any atom is -0.393 e. The van der Waals surface area contributed by atoms with E-state index in [-0.39, 0.29) is 18.2 Å². The number of aliphatic hydroxyl groups is 1. The second-order valence-corrected chi connectivity index (χ2v) is 7.23. The average Bonchev–Trinajstić information content (AvgIpc) is 2.65. The molecule has 2 heterocycles. The van der Waals surface area contributed by atoms with Crippen LogP contribution in [0.1, 0.15) is 44.2 Å². The van der Waals surface area contributed by atoms with Crippen LogP contribution in [-0.4, -0.2) is 34.2 Å². The number of rotatable bonds is 3. The topological polar surface area (TPSA) is 49.5 Å². The van der Waals surface area contributed by atoms with Crippen molar-refractivity contribution in [3.05, 3.63) is 34.3 Å². The summed E-state index contributed by atoms with van der Waals surface area (Å²) in [6, 6.07) is 9.84. The standard InChI is InChI=1S/C16H23BrN2O/c1-10(18)16(11-2-4-12(17)5-3-11)19-13-6-7-14(19)9-15(20)8-13/h2-5,10,13-16,20H,6-9,18H2,1H3. The fourth-order valence-corrected chi connectivity index (χ4v) is 4.31. The molecule has 0 aromatic heterocycles. The second kappa shape index (κ2) is 5.76. The highest BCUT2D eigenvalue weighted by Crippen LogP contribution is 2.42. The molecular formula is C16H23BrN2O. The van der Waals surface area contributed by atoms with E-state index in [0.717, 1.165) is 17.3 Å². The van der Waals surface area contributed by atoms with Crippen LogP contribution >= 0.6 is 15.9 Å². The van der Waals surface area contributed by atoms with Gasteiger partial charge in [0.15, 0.2) is 0 Å². The number of benzene rings is 1. The van der Waals surface area contributed by atoms with Crippen LogP contribution < -0.4 is 5.73 Å². The van der Waals surface area contributed by atoms with Gasteiger partial charge in [0.1, 0.15) is 0 Å². The lowest BCUT2D eigenvalue weighted by atomic mass is 9.92. The lowest BCUT2D eigenvalue weighted by Crippen LogP contribution is -2.50. The Morgan fingerprint density at radius 3 is 2.25 bits per heavy atom. The SMILES string of the molecule is CC(N)C(c1ccc(Br)cc1)N1C2CCC1CC(O)C2. The van der Waals surface area contributed by atoms with Gasteiger partial charge in [0.2, 0.25) is 0 Å². The normalized spacial score (nSPS) is 33.1. The van der Waals surface area contributed by atoms with E-state index < -0.39 is 0 Å². The van der Waals surface area contributed by atoms with Crippen molar-refractivity contribution in [3.63, 3.8) is 0 Å². The third-order valence-corrected chi connectivity index (χ3v) is 5.32. The van der Waals surface area contributed by atoms with Crippen LogP contribution in [0.15, 0.2) is 28.7 Å². The predicted molar refractivity (Wildman–Crippen MR) is 84.4 cm³/mol. The van der Waals surface area contributed by atoms with Crippen LogP contribution in [0.3, 0.4) is 0 Å². The van der Waals surface area contributed by atoms with Gasteiger partial charge in [-0.05, 0) is 50.3 Å². The van der Waals surface area contributed by atoms with Crippen molar-refractivity contribution in [1.82, 2.24) is 4.90 Å². The fourth-order valence-electron chi connectivity index (χ4n) is 4.05. The van der Waals surface area contributed by atoms with Crippen LogP contribution in [0.25, 0.3) is 0 Å². The number of nitrogens with zero attached hydrogens (tertiary/aromatic N) is 1. The molecular weight excluding hydrogens is 316 g/mol. The molecule has 2 aliphatic rings. The Morgan fingerprint density at radius 2 is 1.75 bits per heavy atom. The van der Waals surface area contributed by atoms with Crippen molar-refractivity contribution in [2.75, 3.05) is 0 Å². The number of aliphatic hydroxyl groups excluding tert-OH is 1. The Labute approximate surface area is 129 Å². The summed E-state index contributed by atoms with van der Waals surface area (Å²) in [5, 5.41) is 9.97. The molecule has 20 heavy (non-hydrogen) atoms. The third kappa shape index (κ3) is 2.67. The Hall–Kier alpha value is -0.420. The van der Waals surface area contributed by atoms with Crippen molar-refractivity contribution in [2.45, 2.75) is 62.9 Å². The summed E-state index contributed by atoms with van der Waals surface area (Å²) in [4.78, 5) is 2.58. The molecule has 2 aliphatic heterocycles. The van der Waals surface area contributed by atoms with Crippen molar-refractivity contribution in [2.24, 2.45) is 5.73 Å². The van der Waals surface area contributed by atoms with Crippen LogP contribution in [0.2, 0.25) is 0 Å². The van der Waals surface area contributed by atoms with E-state index in [0.29, 0.717) is 12.1 Å². The molecule has 1 aromatic carbocycles. The van der Waals surface area contributed by atoms with E-state index >= 15 is 0 Å². The fraction of sp³-hybridized carbons (Fsp3) is 0.625. The van der Waals surface area contributed by atoms with Gasteiger partial charge < -0.3 is 10.8 Å². The van der Waals surface area contributed by atoms with Gasteiger partial charge in [-0.1, -0.05) is 28.1 Å². The first-order chi connectivity index (χ1) is 9.56. The zero-order valence-corrected chi connectivity index (χ0v) is 13.5. The molecule has 0 saturated carbocycles. The molecule has 3 rings (SSSR count). The van der Waals surface area contributed by atoms with Gasteiger partial charge >= 0.3 is 0 Å². The summed E-state index contributed by atoms with van der Waals surface area (Å²) >= 11 is 3.49. The first-order valence-corrected chi connectivity index (χ1v) is 8.32. The monoisotopic (exact) mass is 338 g/mol. The quantitative estimate of drug-likeness (QED) is 0.890. The zero-order chi connectivity index (χ0) is 14.3. The minimum absolute atomic E-state index is 0.0921. The molecule has 4 atom stereocenters. The van der Waals surface area contributed by atoms with Gasteiger partial charge in [0, 0.05) is 22.6 Å².